The van der Waals surface area contributed by atoms with Gasteiger partial charge in [0.2, 0.25) is 11.8 Å². The summed E-state index contributed by atoms with van der Waals surface area (Å²) in [5.74, 6) is -0.369. The van der Waals surface area contributed by atoms with E-state index < -0.39 is 6.04 Å². The Bertz CT molecular complexity index is 1040. The van der Waals surface area contributed by atoms with Crippen molar-refractivity contribution in [3.05, 3.63) is 81.8 Å². The van der Waals surface area contributed by atoms with Crippen LogP contribution in [-0.2, 0) is 22.6 Å². The highest BCUT2D eigenvalue weighted by Crippen LogP contribution is 2.27. The van der Waals surface area contributed by atoms with Gasteiger partial charge in [-0.25, -0.2) is 0 Å². The van der Waals surface area contributed by atoms with Crippen molar-refractivity contribution in [2.24, 2.45) is 0 Å². The van der Waals surface area contributed by atoms with Crippen LogP contribution in [0.2, 0.25) is 10.0 Å². The fraction of sp³-hybridized carbons (Fsp3) is 0.250. The van der Waals surface area contributed by atoms with Crippen molar-refractivity contribution in [3.63, 3.8) is 0 Å². The summed E-state index contributed by atoms with van der Waals surface area (Å²) in [5.41, 5.74) is 1.74. The molecule has 6 heteroatoms. The molecule has 3 aromatic rings. The molecule has 1 atom stereocenters. The van der Waals surface area contributed by atoms with E-state index in [0.717, 1.165) is 16.3 Å². The van der Waals surface area contributed by atoms with Crippen LogP contribution in [0.5, 0.6) is 0 Å². The first-order valence-electron chi connectivity index (χ1n) is 9.83. The zero-order chi connectivity index (χ0) is 21.7. The largest absolute Gasteiger partial charge is 0.357 e. The molecule has 0 heterocycles. The van der Waals surface area contributed by atoms with Gasteiger partial charge in [-0.2, -0.15) is 0 Å². The van der Waals surface area contributed by atoms with Gasteiger partial charge in [-0.05, 0) is 41.8 Å². The molecule has 156 valence electrons. The van der Waals surface area contributed by atoms with E-state index in [0.29, 0.717) is 22.0 Å². The van der Waals surface area contributed by atoms with E-state index in [4.69, 9.17) is 23.2 Å². The van der Waals surface area contributed by atoms with E-state index in [1.807, 2.05) is 24.3 Å². The molecule has 0 saturated carbocycles. The highest BCUT2D eigenvalue weighted by Gasteiger charge is 2.26. The Labute approximate surface area is 186 Å². The predicted molar refractivity (Wildman–Crippen MR) is 123 cm³/mol. The first-order valence-corrected chi connectivity index (χ1v) is 10.6. The van der Waals surface area contributed by atoms with Crippen LogP contribution in [0.15, 0.2) is 60.7 Å². The van der Waals surface area contributed by atoms with Crippen LogP contribution in [0, 0.1) is 0 Å². The molecule has 30 heavy (non-hydrogen) atoms. The van der Waals surface area contributed by atoms with Crippen molar-refractivity contribution in [2.45, 2.75) is 32.4 Å². The maximum atomic E-state index is 13.2. The van der Waals surface area contributed by atoms with E-state index in [2.05, 4.69) is 23.5 Å². The standard InChI is InChI=1S/C24H24Cl2N2O2/c1-16(24(30)27-2)28(15-20-21(25)11-6-12-22(20)26)23(29)14-13-18-9-5-8-17-7-3-4-10-19(17)18/h3-12,16H,13-15H2,1-2H3,(H,27,30)/t16-/m1/s1. The zero-order valence-corrected chi connectivity index (χ0v) is 18.5. The molecule has 0 aromatic heterocycles. The number of nitrogens with zero attached hydrogens (tertiary/aromatic N) is 1. The van der Waals surface area contributed by atoms with Crippen LogP contribution < -0.4 is 5.32 Å². The molecule has 0 bridgehead atoms. The lowest BCUT2D eigenvalue weighted by Crippen LogP contribution is -2.46. The topological polar surface area (TPSA) is 49.4 Å². The Morgan fingerprint density at radius 1 is 0.967 bits per heavy atom. The number of aryl methyl sites for hydroxylation is 1. The molecule has 0 fully saturated rings. The van der Waals surface area contributed by atoms with Crippen molar-refractivity contribution in [1.29, 1.82) is 0 Å². The molecule has 0 spiro atoms. The van der Waals surface area contributed by atoms with Gasteiger partial charge in [-0.15, -0.1) is 0 Å². The second-order valence-electron chi connectivity index (χ2n) is 7.15. The summed E-state index contributed by atoms with van der Waals surface area (Å²) in [6.07, 6.45) is 0.852. The summed E-state index contributed by atoms with van der Waals surface area (Å²) in [7, 11) is 1.56. The van der Waals surface area contributed by atoms with Crippen LogP contribution in [0.1, 0.15) is 24.5 Å². The summed E-state index contributed by atoms with van der Waals surface area (Å²) >= 11 is 12.6. The second-order valence-corrected chi connectivity index (χ2v) is 7.96. The number of amides is 2. The van der Waals surface area contributed by atoms with Gasteiger partial charge in [0.1, 0.15) is 6.04 Å². The smallest absolute Gasteiger partial charge is 0.242 e. The average Bonchev–Trinajstić information content (AvgIpc) is 2.76. The summed E-state index contributed by atoms with van der Waals surface area (Å²) in [4.78, 5) is 27.0. The fourth-order valence-corrected chi connectivity index (χ4v) is 4.06. The van der Waals surface area contributed by atoms with Gasteiger partial charge in [0.25, 0.3) is 0 Å². The monoisotopic (exact) mass is 442 g/mol. The summed E-state index contributed by atoms with van der Waals surface area (Å²) < 4.78 is 0. The molecule has 0 aliphatic carbocycles. The van der Waals surface area contributed by atoms with E-state index in [-0.39, 0.29) is 24.8 Å². The predicted octanol–water partition coefficient (Wildman–Crippen LogP) is 5.24. The van der Waals surface area contributed by atoms with Crippen LogP contribution in [0.3, 0.4) is 0 Å². The third-order valence-corrected chi connectivity index (χ3v) is 6.00. The van der Waals surface area contributed by atoms with Crippen LogP contribution >= 0.6 is 23.2 Å². The van der Waals surface area contributed by atoms with E-state index >= 15 is 0 Å². The van der Waals surface area contributed by atoms with Gasteiger partial charge in [0.15, 0.2) is 0 Å². The number of benzene rings is 3. The molecule has 0 radical (unpaired) electrons. The normalized spacial score (nSPS) is 11.9. The summed E-state index contributed by atoms with van der Waals surface area (Å²) in [6.45, 7) is 1.88. The first-order chi connectivity index (χ1) is 14.4. The van der Waals surface area contributed by atoms with Crippen molar-refractivity contribution in [1.82, 2.24) is 10.2 Å². The lowest BCUT2D eigenvalue weighted by atomic mass is 10.0. The quantitative estimate of drug-likeness (QED) is 0.543. The van der Waals surface area contributed by atoms with Gasteiger partial charge in [0, 0.05) is 35.6 Å². The third-order valence-electron chi connectivity index (χ3n) is 5.29. The fourth-order valence-electron chi connectivity index (χ4n) is 3.54. The van der Waals surface area contributed by atoms with Gasteiger partial charge in [-0.3, -0.25) is 9.59 Å². The minimum absolute atomic E-state index is 0.130. The van der Waals surface area contributed by atoms with Gasteiger partial charge < -0.3 is 10.2 Å². The number of halogens is 2. The molecule has 0 aliphatic rings. The summed E-state index contributed by atoms with van der Waals surface area (Å²) in [6, 6.07) is 18.8. The first kappa shape index (κ1) is 22.1. The number of likely N-dealkylation sites (N-methyl/N-ethyl adjacent to an activating group) is 1. The van der Waals surface area contributed by atoms with E-state index in [9.17, 15) is 9.59 Å². The SMILES string of the molecule is CNC(=O)[C@@H](C)N(Cc1c(Cl)cccc1Cl)C(=O)CCc1cccc2ccccc12. The van der Waals surface area contributed by atoms with Crippen LogP contribution in [0.25, 0.3) is 10.8 Å². The minimum atomic E-state index is -0.651. The van der Waals surface area contributed by atoms with Gasteiger partial charge in [-0.1, -0.05) is 71.7 Å². The van der Waals surface area contributed by atoms with Gasteiger partial charge >= 0.3 is 0 Å². The zero-order valence-electron chi connectivity index (χ0n) is 17.0. The number of hydrogen-bond donors (Lipinski definition) is 1. The van der Waals surface area contributed by atoms with Crippen molar-refractivity contribution >= 4 is 45.8 Å². The lowest BCUT2D eigenvalue weighted by molar-refractivity contribution is -0.140. The van der Waals surface area contributed by atoms with Crippen molar-refractivity contribution < 1.29 is 9.59 Å². The molecular formula is C24H24Cl2N2O2. The minimum Gasteiger partial charge on any atom is -0.357 e. The van der Waals surface area contributed by atoms with Crippen molar-refractivity contribution in [2.75, 3.05) is 7.05 Å². The maximum absolute atomic E-state index is 13.2. The number of carbonyl (C=O) groups is 2. The Morgan fingerprint density at radius 3 is 2.30 bits per heavy atom. The average molecular weight is 443 g/mol. The maximum Gasteiger partial charge on any atom is 0.242 e. The number of fused-ring (bicyclic) bond motifs is 1. The van der Waals surface area contributed by atoms with Crippen LogP contribution in [-0.4, -0.2) is 29.8 Å². The Hall–Kier alpha value is -2.56. The molecule has 0 unspecified atom stereocenters. The molecule has 4 nitrogen and oxygen atoms in total. The number of rotatable bonds is 7. The third kappa shape index (κ3) is 4.94. The van der Waals surface area contributed by atoms with E-state index in [1.165, 1.54) is 4.90 Å². The highest BCUT2D eigenvalue weighted by atomic mass is 35.5. The summed E-state index contributed by atoms with van der Waals surface area (Å²) in [5, 5.41) is 5.83. The number of nitrogens with one attached hydrogen (secondary N) is 1. The molecule has 3 rings (SSSR count). The molecule has 1 N–H and O–H groups in total. The molecule has 0 aliphatic heterocycles. The molecule has 2 amide bonds. The lowest BCUT2D eigenvalue weighted by Gasteiger charge is -2.29. The molecule has 0 saturated heterocycles. The van der Waals surface area contributed by atoms with E-state index in [1.54, 1.807) is 32.2 Å². The van der Waals surface area contributed by atoms with Crippen LogP contribution in [0.4, 0.5) is 0 Å². The highest BCUT2D eigenvalue weighted by molar-refractivity contribution is 6.36. The Balaban J connectivity index is 1.83. The molecular weight excluding hydrogens is 419 g/mol. The number of hydrogen-bond acceptors (Lipinski definition) is 2. The molecule has 3 aromatic carbocycles. The van der Waals surface area contributed by atoms with Crippen molar-refractivity contribution in [3.8, 4) is 0 Å². The Morgan fingerprint density at radius 2 is 1.60 bits per heavy atom. The second kappa shape index (κ2) is 9.96. The number of carbonyl (C=O) groups excluding carboxylic acids is 2. The Kier molecular flexibility index (Phi) is 7.35. The van der Waals surface area contributed by atoms with Gasteiger partial charge in [0.05, 0.1) is 0 Å².